The summed E-state index contributed by atoms with van der Waals surface area (Å²) in [6.07, 6.45) is 46.2. The molecule has 0 spiro atoms. The maximum absolute atomic E-state index is 12.7. The van der Waals surface area contributed by atoms with Gasteiger partial charge in [0.05, 0.1) is 27.7 Å². The lowest BCUT2D eigenvalue weighted by atomic mass is 10.1. The monoisotopic (exact) mass is 841 g/mol. The van der Waals surface area contributed by atoms with Crippen LogP contribution in [-0.2, 0) is 32.7 Å². The Hall–Kier alpha value is -1.77. The lowest BCUT2D eigenvalue weighted by Crippen LogP contribution is -2.37. The van der Waals surface area contributed by atoms with Crippen molar-refractivity contribution in [3.63, 3.8) is 0 Å². The zero-order valence-electron chi connectivity index (χ0n) is 38.3. The van der Waals surface area contributed by atoms with Gasteiger partial charge in [-0.1, -0.05) is 159 Å². The summed E-state index contributed by atoms with van der Waals surface area (Å²) >= 11 is 0. The molecule has 9 nitrogen and oxygen atoms in total. The number of esters is 2. The number of carbonyl (C=O) groups excluding carboxylic acids is 2. The van der Waals surface area contributed by atoms with Gasteiger partial charge >= 0.3 is 19.8 Å². The van der Waals surface area contributed by atoms with Crippen LogP contribution < -0.4 is 0 Å². The fraction of sp³-hybridized carbons (Fsp3) is 0.833. The van der Waals surface area contributed by atoms with Gasteiger partial charge in [0.1, 0.15) is 19.8 Å². The molecule has 0 aliphatic rings. The molecule has 0 saturated heterocycles. The van der Waals surface area contributed by atoms with E-state index >= 15 is 0 Å². The number of allylic oxidation sites excluding steroid dienone is 6. The van der Waals surface area contributed by atoms with Crippen molar-refractivity contribution in [1.29, 1.82) is 0 Å². The van der Waals surface area contributed by atoms with Crippen molar-refractivity contribution in [2.75, 3.05) is 47.5 Å². The number of nitrogens with zero attached hydrogens (tertiary/aromatic N) is 1. The Morgan fingerprint density at radius 1 is 0.534 bits per heavy atom. The van der Waals surface area contributed by atoms with Crippen molar-refractivity contribution in [2.24, 2.45) is 0 Å². The summed E-state index contributed by atoms with van der Waals surface area (Å²) in [7, 11) is 1.47. The van der Waals surface area contributed by atoms with Crippen molar-refractivity contribution >= 4 is 19.8 Å². The molecule has 0 aromatic rings. The number of hydrogen-bond donors (Lipinski definition) is 1. The van der Waals surface area contributed by atoms with Gasteiger partial charge in [-0.15, -0.1) is 0 Å². The van der Waals surface area contributed by atoms with Crippen molar-refractivity contribution < 1.29 is 42.1 Å². The van der Waals surface area contributed by atoms with E-state index < -0.39 is 26.5 Å². The minimum atomic E-state index is -4.38. The third-order valence-electron chi connectivity index (χ3n) is 10.1. The second-order valence-corrected chi connectivity index (χ2v) is 18.6. The molecule has 10 heteroatoms. The van der Waals surface area contributed by atoms with Crippen molar-refractivity contribution in [3.8, 4) is 0 Å². The Morgan fingerprint density at radius 2 is 0.931 bits per heavy atom. The zero-order chi connectivity index (χ0) is 42.8. The van der Waals surface area contributed by atoms with E-state index in [4.69, 9.17) is 18.5 Å². The molecule has 0 aliphatic carbocycles. The molecule has 340 valence electrons. The maximum atomic E-state index is 12.7. The average molecular weight is 841 g/mol. The van der Waals surface area contributed by atoms with E-state index in [2.05, 4.69) is 50.3 Å². The van der Waals surface area contributed by atoms with Crippen molar-refractivity contribution in [1.82, 2.24) is 0 Å². The minimum Gasteiger partial charge on any atom is -0.462 e. The topological polar surface area (TPSA) is 108 Å². The van der Waals surface area contributed by atoms with Crippen molar-refractivity contribution in [2.45, 2.75) is 213 Å². The Balaban J connectivity index is 4.31. The number of carbonyl (C=O) groups is 2. The van der Waals surface area contributed by atoms with E-state index in [0.717, 1.165) is 57.8 Å². The van der Waals surface area contributed by atoms with Crippen LogP contribution in [0.15, 0.2) is 36.5 Å². The summed E-state index contributed by atoms with van der Waals surface area (Å²) in [6.45, 7) is 4.39. The SMILES string of the molecule is CCCCC/C=C/C/C=C/CCCCCCCC(=O)O[C@H](COC(=O)CCCCCCCCCCC/C=C/CCCCCCCC)COP(=O)(O)OCC[N+](C)(C)C. The van der Waals surface area contributed by atoms with Gasteiger partial charge in [-0.2, -0.15) is 0 Å². The van der Waals surface area contributed by atoms with Crippen LogP contribution in [-0.4, -0.2) is 74.9 Å². The van der Waals surface area contributed by atoms with E-state index in [1.54, 1.807) is 0 Å². The molecule has 0 aromatic carbocycles. The summed E-state index contributed by atoms with van der Waals surface area (Å²) in [4.78, 5) is 35.4. The van der Waals surface area contributed by atoms with Crippen LogP contribution in [0.5, 0.6) is 0 Å². The van der Waals surface area contributed by atoms with Crippen molar-refractivity contribution in [3.05, 3.63) is 36.5 Å². The van der Waals surface area contributed by atoms with Crippen LogP contribution in [0.3, 0.4) is 0 Å². The molecule has 2 atom stereocenters. The number of likely N-dealkylation sites (N-methyl/N-ethyl adjacent to an activating group) is 1. The van der Waals surface area contributed by atoms with E-state index in [1.165, 1.54) is 116 Å². The standard InChI is InChI=1S/C48H90NO8P/c1-6-8-10-12-14-16-18-20-22-23-24-25-27-28-30-32-34-36-38-40-47(50)54-44-46(45-56-58(52,53)55-43-42-49(3,4)5)57-48(51)41-39-37-35-33-31-29-26-21-19-17-15-13-11-9-7-2/h15,17,20-22,26,46H,6-14,16,18-19,23-25,27-45H2,1-5H3/p+1/b17-15+,22-20+,26-21+/t46-/m1/s1. The van der Waals surface area contributed by atoms with Gasteiger partial charge in [0.2, 0.25) is 0 Å². The number of unbranched alkanes of at least 4 members (excludes halogenated alkanes) is 23. The van der Waals surface area contributed by atoms with Crippen LogP contribution in [0.25, 0.3) is 0 Å². The molecule has 58 heavy (non-hydrogen) atoms. The molecule has 0 aliphatic heterocycles. The molecular formula is C48H91NO8P+. The number of hydrogen-bond acceptors (Lipinski definition) is 7. The highest BCUT2D eigenvalue weighted by Gasteiger charge is 2.27. The first-order chi connectivity index (χ1) is 28.0. The van der Waals surface area contributed by atoms with E-state index in [-0.39, 0.29) is 32.0 Å². The predicted molar refractivity (Wildman–Crippen MR) is 243 cm³/mol. The van der Waals surface area contributed by atoms with Crippen LogP contribution in [0.2, 0.25) is 0 Å². The van der Waals surface area contributed by atoms with Gasteiger partial charge in [0.25, 0.3) is 0 Å². The van der Waals surface area contributed by atoms with E-state index in [0.29, 0.717) is 17.4 Å². The number of phosphoric acid groups is 1. The van der Waals surface area contributed by atoms with Crippen LogP contribution in [0.1, 0.15) is 206 Å². The largest absolute Gasteiger partial charge is 0.472 e. The van der Waals surface area contributed by atoms with Gasteiger partial charge in [0, 0.05) is 12.8 Å². The van der Waals surface area contributed by atoms with Gasteiger partial charge in [-0.05, 0) is 70.6 Å². The minimum absolute atomic E-state index is 0.0286. The molecular weight excluding hydrogens is 750 g/mol. The lowest BCUT2D eigenvalue weighted by Gasteiger charge is -2.24. The first-order valence-corrected chi connectivity index (χ1v) is 25.2. The van der Waals surface area contributed by atoms with Crippen LogP contribution in [0, 0.1) is 0 Å². The number of phosphoric ester groups is 1. The third-order valence-corrected chi connectivity index (χ3v) is 11.1. The van der Waals surface area contributed by atoms with Gasteiger partial charge in [-0.25, -0.2) is 4.57 Å². The highest BCUT2D eigenvalue weighted by atomic mass is 31.2. The fourth-order valence-electron chi connectivity index (χ4n) is 6.39. The maximum Gasteiger partial charge on any atom is 0.472 e. The number of rotatable bonds is 43. The lowest BCUT2D eigenvalue weighted by molar-refractivity contribution is -0.870. The average Bonchev–Trinajstić information content (AvgIpc) is 3.17. The number of quaternary nitrogens is 1. The number of ether oxygens (including phenoxy) is 2. The highest BCUT2D eigenvalue weighted by molar-refractivity contribution is 7.47. The zero-order valence-corrected chi connectivity index (χ0v) is 39.2. The highest BCUT2D eigenvalue weighted by Crippen LogP contribution is 2.43. The Labute approximate surface area is 357 Å². The summed E-state index contributed by atoms with van der Waals surface area (Å²) in [5, 5.41) is 0. The first-order valence-electron chi connectivity index (χ1n) is 23.7. The molecule has 0 fully saturated rings. The Morgan fingerprint density at radius 3 is 1.41 bits per heavy atom. The second-order valence-electron chi connectivity index (χ2n) is 17.1. The molecule has 0 heterocycles. The van der Waals surface area contributed by atoms with Gasteiger partial charge in [-0.3, -0.25) is 18.6 Å². The smallest absolute Gasteiger partial charge is 0.462 e. The summed E-state index contributed by atoms with van der Waals surface area (Å²) in [6, 6.07) is 0. The third kappa shape index (κ3) is 43.8. The molecule has 0 bridgehead atoms. The van der Waals surface area contributed by atoms with Crippen LogP contribution >= 0.6 is 7.82 Å². The normalized spacial score (nSPS) is 13.8. The molecule has 1 N–H and O–H groups in total. The van der Waals surface area contributed by atoms with Crippen LogP contribution in [0.4, 0.5) is 0 Å². The molecule has 0 rings (SSSR count). The molecule has 0 radical (unpaired) electrons. The van der Waals surface area contributed by atoms with E-state index in [1.807, 2.05) is 21.1 Å². The summed E-state index contributed by atoms with van der Waals surface area (Å²) < 4.78 is 34.4. The summed E-state index contributed by atoms with van der Waals surface area (Å²) in [5.41, 5.74) is 0. The molecule has 0 aromatic heterocycles. The molecule has 0 amide bonds. The molecule has 0 saturated carbocycles. The Kier molecular flexibility index (Phi) is 39.4. The molecule has 1 unspecified atom stereocenters. The summed E-state index contributed by atoms with van der Waals surface area (Å²) in [5.74, 6) is -0.813. The van der Waals surface area contributed by atoms with E-state index in [9.17, 15) is 19.0 Å². The fourth-order valence-corrected chi connectivity index (χ4v) is 7.13. The first kappa shape index (κ1) is 56.2. The quantitative estimate of drug-likeness (QED) is 0.0213. The van der Waals surface area contributed by atoms with Gasteiger partial charge in [0.15, 0.2) is 6.10 Å². The van der Waals surface area contributed by atoms with Gasteiger partial charge < -0.3 is 18.9 Å². The predicted octanol–water partition coefficient (Wildman–Crippen LogP) is 13.7. The Bertz CT molecular complexity index is 1090. The second kappa shape index (κ2) is 40.6.